The van der Waals surface area contributed by atoms with E-state index < -0.39 is 35.5 Å². The molecule has 9 nitrogen and oxygen atoms in total. The van der Waals surface area contributed by atoms with Crippen LogP contribution >= 0.6 is 23.2 Å². The molecule has 1 aromatic heterocycles. The van der Waals surface area contributed by atoms with E-state index in [9.17, 15) is 23.6 Å². The largest absolute Gasteiger partial charge is 0.295 e. The first-order valence-electron chi connectivity index (χ1n) is 9.68. The molecule has 166 valence electrons. The number of carbonyl (C=O) groups is 4. The molecular weight excluding hydrogens is 476 g/mol. The molecule has 0 aliphatic carbocycles. The number of imide groups is 2. The van der Waals surface area contributed by atoms with Crippen LogP contribution in [0.1, 0.15) is 33.6 Å². The van der Waals surface area contributed by atoms with Crippen LogP contribution < -0.4 is 5.32 Å². The maximum absolute atomic E-state index is 14.0. The molecule has 2 aromatic carbocycles. The summed E-state index contributed by atoms with van der Waals surface area (Å²) in [6.07, 6.45) is 1.47. The lowest BCUT2D eigenvalue weighted by molar-refractivity contribution is -0.136. The van der Waals surface area contributed by atoms with Crippen molar-refractivity contribution >= 4 is 46.8 Å². The van der Waals surface area contributed by atoms with E-state index in [0.717, 1.165) is 11.0 Å². The van der Waals surface area contributed by atoms with Gasteiger partial charge in [-0.05, 0) is 30.7 Å². The molecule has 0 spiro atoms. The van der Waals surface area contributed by atoms with Crippen LogP contribution in [0.5, 0.6) is 0 Å². The monoisotopic (exact) mass is 487 g/mol. The Morgan fingerprint density at radius 1 is 1.06 bits per heavy atom. The molecule has 1 unspecified atom stereocenters. The second kappa shape index (κ2) is 7.75. The van der Waals surface area contributed by atoms with Crippen LogP contribution in [0.4, 0.5) is 4.39 Å². The molecule has 12 heteroatoms. The average Bonchev–Trinajstić information content (AvgIpc) is 3.35. The number of hydrogen-bond acceptors (Lipinski definition) is 6. The Labute approximate surface area is 195 Å². The Kier molecular flexibility index (Phi) is 4.98. The summed E-state index contributed by atoms with van der Waals surface area (Å²) < 4.78 is 15.2. The van der Waals surface area contributed by atoms with Crippen molar-refractivity contribution in [3.8, 4) is 16.9 Å². The molecule has 33 heavy (non-hydrogen) atoms. The summed E-state index contributed by atoms with van der Waals surface area (Å²) in [6.45, 7) is 0. The third-order valence-electron chi connectivity index (χ3n) is 5.46. The van der Waals surface area contributed by atoms with E-state index in [2.05, 4.69) is 15.6 Å². The minimum absolute atomic E-state index is 0.0139. The summed E-state index contributed by atoms with van der Waals surface area (Å²) in [5.74, 6) is -3.23. The number of amides is 4. The number of hydrogen-bond donors (Lipinski definition) is 1. The van der Waals surface area contributed by atoms with Crippen molar-refractivity contribution in [2.75, 3.05) is 0 Å². The third kappa shape index (κ3) is 3.38. The lowest BCUT2D eigenvalue weighted by Gasteiger charge is -2.27. The van der Waals surface area contributed by atoms with Crippen molar-refractivity contribution in [3.63, 3.8) is 0 Å². The van der Waals surface area contributed by atoms with Gasteiger partial charge >= 0.3 is 0 Å². The van der Waals surface area contributed by atoms with Crippen LogP contribution in [-0.4, -0.2) is 49.6 Å². The molecule has 0 radical (unpaired) electrons. The van der Waals surface area contributed by atoms with Crippen molar-refractivity contribution in [3.05, 3.63) is 63.5 Å². The summed E-state index contributed by atoms with van der Waals surface area (Å²) in [6, 6.07) is 5.97. The van der Waals surface area contributed by atoms with Crippen molar-refractivity contribution < 1.29 is 23.6 Å². The fourth-order valence-electron chi connectivity index (χ4n) is 3.94. The molecule has 5 rings (SSSR count). The normalized spacial score (nSPS) is 18.0. The number of aromatic nitrogens is 3. The molecule has 1 atom stereocenters. The van der Waals surface area contributed by atoms with Crippen LogP contribution in [0.3, 0.4) is 0 Å². The van der Waals surface area contributed by atoms with Crippen LogP contribution in [0.2, 0.25) is 10.0 Å². The van der Waals surface area contributed by atoms with E-state index in [-0.39, 0.29) is 51.0 Å². The highest BCUT2D eigenvalue weighted by atomic mass is 35.5. The number of benzene rings is 2. The fraction of sp³-hybridized carbons (Fsp3) is 0.143. The maximum atomic E-state index is 14.0. The van der Waals surface area contributed by atoms with E-state index >= 15 is 0 Å². The number of nitrogens with zero attached hydrogens (tertiary/aromatic N) is 4. The van der Waals surface area contributed by atoms with Gasteiger partial charge in [-0.3, -0.25) is 29.4 Å². The van der Waals surface area contributed by atoms with Gasteiger partial charge in [0.1, 0.15) is 17.6 Å². The van der Waals surface area contributed by atoms with Gasteiger partial charge in [0.15, 0.2) is 0 Å². The van der Waals surface area contributed by atoms with Gasteiger partial charge in [0.2, 0.25) is 11.8 Å². The van der Waals surface area contributed by atoms with Gasteiger partial charge in [-0.25, -0.2) is 9.07 Å². The van der Waals surface area contributed by atoms with Gasteiger partial charge in [0, 0.05) is 17.0 Å². The molecular formula is C21H12Cl2FN5O4. The minimum atomic E-state index is -1.09. The summed E-state index contributed by atoms with van der Waals surface area (Å²) in [4.78, 5) is 50.8. The second-order valence-corrected chi connectivity index (χ2v) is 8.26. The van der Waals surface area contributed by atoms with Crippen molar-refractivity contribution in [2.24, 2.45) is 0 Å². The first-order valence-corrected chi connectivity index (χ1v) is 10.4. The Balaban J connectivity index is 1.55. The Hall–Kier alpha value is -3.63. The summed E-state index contributed by atoms with van der Waals surface area (Å²) in [5.41, 5.74) is 0.752. The number of piperidine rings is 1. The zero-order valence-corrected chi connectivity index (χ0v) is 18.0. The highest BCUT2D eigenvalue weighted by molar-refractivity contribution is 6.35. The molecule has 0 saturated carbocycles. The number of nitrogens with one attached hydrogen (secondary N) is 1. The van der Waals surface area contributed by atoms with E-state index in [1.165, 1.54) is 23.0 Å². The first-order chi connectivity index (χ1) is 15.8. The van der Waals surface area contributed by atoms with Gasteiger partial charge in [0.25, 0.3) is 11.8 Å². The maximum Gasteiger partial charge on any atom is 0.264 e. The molecule has 1 N–H and O–H groups in total. The molecule has 3 aromatic rings. The smallest absolute Gasteiger partial charge is 0.264 e. The standard InChI is InChI=1S/C21H12Cl2FN5O4/c22-9-6-11(18(23)12(24)7-9)13-8-28(27-26-13)14-3-1-2-10-17(14)21(33)29(20(10)32)15-4-5-16(30)25-19(15)31/h1-3,6-8,15H,4-5H2,(H,25,30,31). The van der Waals surface area contributed by atoms with Crippen LogP contribution in [0.15, 0.2) is 36.5 Å². The molecule has 3 heterocycles. The zero-order valence-electron chi connectivity index (χ0n) is 16.5. The highest BCUT2D eigenvalue weighted by Gasteiger charge is 2.45. The topological polar surface area (TPSA) is 114 Å². The highest BCUT2D eigenvalue weighted by Crippen LogP contribution is 2.34. The number of carbonyl (C=O) groups excluding carboxylic acids is 4. The molecule has 0 bridgehead atoms. The molecule has 2 aliphatic heterocycles. The molecule has 1 fully saturated rings. The van der Waals surface area contributed by atoms with Gasteiger partial charge in [-0.1, -0.05) is 34.5 Å². The molecule has 4 amide bonds. The zero-order chi connectivity index (χ0) is 23.4. The van der Waals surface area contributed by atoms with Crippen molar-refractivity contribution in [1.29, 1.82) is 0 Å². The number of fused-ring (bicyclic) bond motifs is 1. The predicted molar refractivity (Wildman–Crippen MR) is 113 cm³/mol. The summed E-state index contributed by atoms with van der Waals surface area (Å²) in [7, 11) is 0. The lowest BCUT2D eigenvalue weighted by Crippen LogP contribution is -2.54. The van der Waals surface area contributed by atoms with Crippen molar-refractivity contribution in [1.82, 2.24) is 25.2 Å². The van der Waals surface area contributed by atoms with Gasteiger partial charge < -0.3 is 0 Å². The third-order valence-corrected chi connectivity index (χ3v) is 6.06. The Morgan fingerprint density at radius 2 is 1.85 bits per heavy atom. The van der Waals surface area contributed by atoms with Crippen molar-refractivity contribution in [2.45, 2.75) is 18.9 Å². The van der Waals surface area contributed by atoms with Gasteiger partial charge in [0.05, 0.1) is 28.0 Å². The average molecular weight is 488 g/mol. The summed E-state index contributed by atoms with van der Waals surface area (Å²) >= 11 is 12.0. The van der Waals surface area contributed by atoms with Crippen LogP contribution in [0, 0.1) is 5.82 Å². The molecule has 1 saturated heterocycles. The molecule has 2 aliphatic rings. The van der Waals surface area contributed by atoms with Gasteiger partial charge in [-0.2, -0.15) is 0 Å². The fourth-order valence-corrected chi connectivity index (χ4v) is 4.35. The number of rotatable bonds is 3. The first kappa shape index (κ1) is 21.2. The van der Waals surface area contributed by atoms with E-state index in [0.29, 0.717) is 0 Å². The Morgan fingerprint density at radius 3 is 2.61 bits per heavy atom. The quantitative estimate of drug-likeness (QED) is 0.448. The second-order valence-electron chi connectivity index (χ2n) is 7.44. The van der Waals surface area contributed by atoms with Crippen LogP contribution in [-0.2, 0) is 9.59 Å². The van der Waals surface area contributed by atoms with E-state index in [4.69, 9.17) is 23.2 Å². The minimum Gasteiger partial charge on any atom is -0.295 e. The van der Waals surface area contributed by atoms with E-state index in [1.54, 1.807) is 12.1 Å². The lowest BCUT2D eigenvalue weighted by atomic mass is 10.0. The number of halogens is 3. The Bertz CT molecular complexity index is 1390. The van der Waals surface area contributed by atoms with Gasteiger partial charge in [-0.15, -0.1) is 5.10 Å². The van der Waals surface area contributed by atoms with Crippen LogP contribution in [0.25, 0.3) is 16.9 Å². The van der Waals surface area contributed by atoms with E-state index in [1.807, 2.05) is 0 Å². The SMILES string of the molecule is O=C1CCC(N2C(=O)c3cccc(-n4cc(-c5cc(Cl)cc(F)c5Cl)nn4)c3C2=O)C(=O)N1. The predicted octanol–water partition coefficient (Wildman–Crippen LogP) is 2.78. The summed E-state index contributed by atoms with van der Waals surface area (Å²) in [5, 5.41) is 10.1.